The predicted molar refractivity (Wildman–Crippen MR) is 116 cm³/mol. The Kier molecular flexibility index (Phi) is 4.79. The first-order valence-corrected chi connectivity index (χ1v) is 10.6. The van der Waals surface area contributed by atoms with Gasteiger partial charge in [-0.2, -0.15) is 20.3 Å². The Hall–Kier alpha value is -3.12. The molecule has 3 aromatic heterocycles. The van der Waals surface area contributed by atoms with Gasteiger partial charge >= 0.3 is 0 Å². The van der Waals surface area contributed by atoms with E-state index in [0.29, 0.717) is 36.3 Å². The van der Waals surface area contributed by atoms with Crippen LogP contribution in [0.25, 0.3) is 11.0 Å². The van der Waals surface area contributed by atoms with Crippen LogP contribution in [0, 0.1) is 25.2 Å². The van der Waals surface area contributed by atoms with Crippen LogP contribution >= 0.6 is 0 Å². The zero-order chi connectivity index (χ0) is 20.7. The number of aromatic nitrogens is 5. The SMILES string of the molecule is Cc1cc(Nc2nc(NC3C[C@H]4CC[C@@H](C3)N4CCC#N)c3c(C)c[nH]c3n2)n[nH]1. The van der Waals surface area contributed by atoms with Gasteiger partial charge in [0.05, 0.1) is 11.5 Å². The normalized spacial score (nSPS) is 23.6. The second-order valence-corrected chi connectivity index (χ2v) is 8.50. The van der Waals surface area contributed by atoms with Crippen molar-refractivity contribution in [2.24, 2.45) is 0 Å². The molecule has 2 aliphatic heterocycles. The van der Waals surface area contributed by atoms with Crippen LogP contribution in [0.1, 0.15) is 43.4 Å². The molecule has 3 aromatic rings. The van der Waals surface area contributed by atoms with Crippen molar-refractivity contribution in [3.8, 4) is 6.07 Å². The molecule has 0 aliphatic carbocycles. The predicted octanol–water partition coefficient (Wildman–Crippen LogP) is 3.36. The van der Waals surface area contributed by atoms with Crippen LogP contribution in [0.15, 0.2) is 12.3 Å². The third-order valence-electron chi connectivity index (χ3n) is 6.38. The molecular weight excluding hydrogens is 378 g/mol. The molecule has 2 saturated heterocycles. The van der Waals surface area contributed by atoms with Crippen LogP contribution in [-0.2, 0) is 0 Å². The zero-order valence-corrected chi connectivity index (χ0v) is 17.4. The molecule has 5 rings (SSSR count). The molecule has 9 nitrogen and oxygen atoms in total. The number of nitrogens with zero attached hydrogens (tertiary/aromatic N) is 5. The molecule has 3 atom stereocenters. The first-order chi connectivity index (χ1) is 14.6. The van der Waals surface area contributed by atoms with Crippen LogP contribution in [0.3, 0.4) is 0 Å². The lowest BCUT2D eigenvalue weighted by atomic mass is 9.97. The van der Waals surface area contributed by atoms with Gasteiger partial charge < -0.3 is 15.6 Å². The van der Waals surface area contributed by atoms with Gasteiger partial charge in [-0.05, 0) is 45.1 Å². The molecule has 2 bridgehead atoms. The second kappa shape index (κ2) is 7.61. The van der Waals surface area contributed by atoms with E-state index in [2.05, 4.69) is 48.7 Å². The highest BCUT2D eigenvalue weighted by atomic mass is 15.3. The van der Waals surface area contributed by atoms with E-state index < -0.39 is 0 Å². The van der Waals surface area contributed by atoms with Gasteiger partial charge in [0.25, 0.3) is 0 Å². The lowest BCUT2D eigenvalue weighted by Crippen LogP contribution is -2.47. The van der Waals surface area contributed by atoms with Crippen molar-refractivity contribution in [2.45, 2.75) is 64.1 Å². The fourth-order valence-corrected chi connectivity index (χ4v) is 5.07. The number of nitrogens with one attached hydrogen (secondary N) is 4. The smallest absolute Gasteiger partial charge is 0.232 e. The molecular formula is C21H27N9. The largest absolute Gasteiger partial charge is 0.366 e. The molecule has 4 N–H and O–H groups in total. The van der Waals surface area contributed by atoms with Crippen molar-refractivity contribution in [3.05, 3.63) is 23.5 Å². The Labute approximate surface area is 175 Å². The zero-order valence-electron chi connectivity index (χ0n) is 17.4. The van der Waals surface area contributed by atoms with Crippen LogP contribution < -0.4 is 10.6 Å². The number of aryl methyl sites for hydroxylation is 2. The van der Waals surface area contributed by atoms with Crippen LogP contribution in [0.2, 0.25) is 0 Å². The van der Waals surface area contributed by atoms with E-state index >= 15 is 0 Å². The maximum absolute atomic E-state index is 8.96. The summed E-state index contributed by atoms with van der Waals surface area (Å²) in [5.74, 6) is 2.08. The highest BCUT2D eigenvalue weighted by molar-refractivity contribution is 5.91. The summed E-state index contributed by atoms with van der Waals surface area (Å²) in [7, 11) is 0. The lowest BCUT2D eigenvalue weighted by molar-refractivity contribution is 0.136. The molecule has 0 amide bonds. The Balaban J connectivity index is 1.39. The number of piperidine rings is 1. The molecule has 0 aromatic carbocycles. The van der Waals surface area contributed by atoms with Gasteiger partial charge in [-0.25, -0.2) is 0 Å². The van der Waals surface area contributed by atoms with Gasteiger partial charge in [0.1, 0.15) is 11.5 Å². The summed E-state index contributed by atoms with van der Waals surface area (Å²) in [6.07, 6.45) is 7.20. The Morgan fingerprint density at radius 3 is 2.73 bits per heavy atom. The molecule has 0 saturated carbocycles. The molecule has 0 radical (unpaired) electrons. The highest BCUT2D eigenvalue weighted by Gasteiger charge is 2.40. The van der Waals surface area contributed by atoms with Gasteiger partial charge in [-0.3, -0.25) is 10.00 Å². The number of hydrogen-bond acceptors (Lipinski definition) is 7. The van der Waals surface area contributed by atoms with Gasteiger partial charge in [-0.15, -0.1) is 0 Å². The van der Waals surface area contributed by atoms with Crippen molar-refractivity contribution < 1.29 is 0 Å². The monoisotopic (exact) mass is 405 g/mol. The minimum absolute atomic E-state index is 0.369. The number of rotatable bonds is 6. The van der Waals surface area contributed by atoms with E-state index in [-0.39, 0.29) is 0 Å². The van der Waals surface area contributed by atoms with Gasteiger partial charge in [0, 0.05) is 49.0 Å². The summed E-state index contributed by atoms with van der Waals surface area (Å²) < 4.78 is 0. The van der Waals surface area contributed by atoms with Gasteiger partial charge in [0.15, 0.2) is 5.82 Å². The van der Waals surface area contributed by atoms with Crippen molar-refractivity contribution in [2.75, 3.05) is 17.2 Å². The minimum atomic E-state index is 0.369. The third-order valence-corrected chi connectivity index (χ3v) is 6.38. The fraction of sp³-hybridized carbons (Fsp3) is 0.524. The van der Waals surface area contributed by atoms with Crippen molar-refractivity contribution in [1.29, 1.82) is 5.26 Å². The molecule has 0 spiro atoms. The highest BCUT2D eigenvalue weighted by Crippen LogP contribution is 2.37. The fourth-order valence-electron chi connectivity index (χ4n) is 5.07. The molecule has 9 heteroatoms. The standard InChI is InChI=1S/C21H27N9/c1-12-11-23-19-18(12)20(27-21(26-19)25-17-8-13(2)28-29-17)24-14-9-15-4-5-16(10-14)30(15)7-3-6-22/h8,11,14-16H,3-5,7,9-10H2,1-2H3,(H4,23,24,25,26,27,28,29)/t14?,15-,16+. The van der Waals surface area contributed by atoms with E-state index in [4.69, 9.17) is 10.2 Å². The quantitative estimate of drug-likeness (QED) is 0.496. The molecule has 30 heavy (non-hydrogen) atoms. The van der Waals surface area contributed by atoms with E-state index in [1.54, 1.807) is 0 Å². The van der Waals surface area contributed by atoms with E-state index in [1.807, 2.05) is 19.2 Å². The number of aromatic amines is 2. The summed E-state index contributed by atoms with van der Waals surface area (Å²) in [6.45, 7) is 4.93. The molecule has 2 aliphatic rings. The van der Waals surface area contributed by atoms with Crippen molar-refractivity contribution in [1.82, 2.24) is 30.0 Å². The van der Waals surface area contributed by atoms with Crippen LogP contribution in [-0.4, -0.2) is 54.7 Å². The average molecular weight is 406 g/mol. The minimum Gasteiger partial charge on any atom is -0.366 e. The second-order valence-electron chi connectivity index (χ2n) is 8.50. The number of H-pyrrole nitrogens is 2. The Morgan fingerprint density at radius 1 is 1.23 bits per heavy atom. The number of anilines is 3. The lowest BCUT2D eigenvalue weighted by Gasteiger charge is -2.39. The Bertz CT molecular complexity index is 1080. The molecule has 156 valence electrons. The van der Waals surface area contributed by atoms with Crippen LogP contribution in [0.4, 0.5) is 17.6 Å². The van der Waals surface area contributed by atoms with E-state index in [0.717, 1.165) is 47.5 Å². The summed E-state index contributed by atoms with van der Waals surface area (Å²) in [5, 5.41) is 24.1. The molecule has 5 heterocycles. The number of hydrogen-bond donors (Lipinski definition) is 4. The van der Waals surface area contributed by atoms with Gasteiger partial charge in [0.2, 0.25) is 5.95 Å². The maximum Gasteiger partial charge on any atom is 0.232 e. The average Bonchev–Trinajstić information content (AvgIpc) is 3.36. The summed E-state index contributed by atoms with van der Waals surface area (Å²) in [4.78, 5) is 15.2. The maximum atomic E-state index is 8.96. The third kappa shape index (κ3) is 3.48. The van der Waals surface area contributed by atoms with Crippen molar-refractivity contribution >= 4 is 28.6 Å². The summed E-state index contributed by atoms with van der Waals surface area (Å²) >= 11 is 0. The topological polar surface area (TPSA) is 121 Å². The first-order valence-electron chi connectivity index (χ1n) is 10.6. The van der Waals surface area contributed by atoms with Crippen molar-refractivity contribution in [3.63, 3.8) is 0 Å². The number of fused-ring (bicyclic) bond motifs is 3. The van der Waals surface area contributed by atoms with Crippen LogP contribution in [0.5, 0.6) is 0 Å². The Morgan fingerprint density at radius 2 is 2.03 bits per heavy atom. The first kappa shape index (κ1) is 18.9. The van der Waals surface area contributed by atoms with E-state index in [9.17, 15) is 0 Å². The summed E-state index contributed by atoms with van der Waals surface area (Å²) in [5.41, 5.74) is 2.92. The number of nitriles is 1. The summed E-state index contributed by atoms with van der Waals surface area (Å²) in [6, 6.07) is 5.71. The van der Waals surface area contributed by atoms with E-state index in [1.165, 1.54) is 12.8 Å². The van der Waals surface area contributed by atoms with Gasteiger partial charge in [-0.1, -0.05) is 0 Å². The molecule has 2 fully saturated rings. The molecule has 1 unspecified atom stereocenters.